The molecule has 0 bridgehead atoms. The fourth-order valence-electron chi connectivity index (χ4n) is 1.59. The largest absolute Gasteiger partial charge is 0.237 e. The topological polar surface area (TPSA) is 25.8 Å². The minimum atomic E-state index is 0.0380. The average Bonchev–Trinajstić information content (AvgIpc) is 2.00. The standard InChI is InChI=1S/C12H17N2/c1-12(2,3)11-13-8-7-10(14-11)9-5-4-6-9/h7,9H,4-6H2,1-3H3. The van der Waals surface area contributed by atoms with Crippen molar-refractivity contribution in [1.29, 1.82) is 0 Å². The predicted octanol–water partition coefficient (Wildman–Crippen LogP) is 2.84. The van der Waals surface area contributed by atoms with Gasteiger partial charge in [0.05, 0.1) is 6.20 Å². The Bertz CT molecular complexity index is 321. The van der Waals surface area contributed by atoms with Crippen LogP contribution in [0.25, 0.3) is 0 Å². The second-order valence-electron chi connectivity index (χ2n) is 5.12. The van der Waals surface area contributed by atoms with Gasteiger partial charge in [0.1, 0.15) is 5.82 Å². The van der Waals surface area contributed by atoms with Gasteiger partial charge in [-0.3, -0.25) is 0 Å². The lowest BCUT2D eigenvalue weighted by Gasteiger charge is -2.26. The predicted molar refractivity (Wildman–Crippen MR) is 56.2 cm³/mol. The lowest BCUT2D eigenvalue weighted by molar-refractivity contribution is 0.405. The Balaban J connectivity index is 2.26. The van der Waals surface area contributed by atoms with E-state index in [-0.39, 0.29) is 5.41 Å². The molecule has 0 atom stereocenters. The first-order valence-corrected chi connectivity index (χ1v) is 5.33. The highest BCUT2D eigenvalue weighted by Crippen LogP contribution is 2.35. The molecule has 1 aromatic rings. The zero-order valence-electron chi connectivity index (χ0n) is 9.17. The molecule has 0 aromatic carbocycles. The molecule has 14 heavy (non-hydrogen) atoms. The quantitative estimate of drug-likeness (QED) is 0.679. The van der Waals surface area contributed by atoms with E-state index in [0.717, 1.165) is 5.82 Å². The van der Waals surface area contributed by atoms with Gasteiger partial charge in [-0.15, -0.1) is 0 Å². The van der Waals surface area contributed by atoms with E-state index < -0.39 is 0 Å². The van der Waals surface area contributed by atoms with Crippen molar-refractivity contribution in [3.8, 4) is 0 Å². The van der Waals surface area contributed by atoms with Crippen LogP contribution < -0.4 is 0 Å². The summed E-state index contributed by atoms with van der Waals surface area (Å²) in [5.41, 5.74) is 1.23. The van der Waals surface area contributed by atoms with Gasteiger partial charge in [0, 0.05) is 17.0 Å². The molecule has 0 aliphatic heterocycles. The number of hydrogen-bond acceptors (Lipinski definition) is 2. The first kappa shape index (κ1) is 9.63. The van der Waals surface area contributed by atoms with Crippen LogP contribution in [0, 0.1) is 6.20 Å². The molecular weight excluding hydrogens is 172 g/mol. The minimum absolute atomic E-state index is 0.0380. The summed E-state index contributed by atoms with van der Waals surface area (Å²) in [5.74, 6) is 1.59. The summed E-state index contributed by atoms with van der Waals surface area (Å²) in [5, 5.41) is 0. The minimum Gasteiger partial charge on any atom is -0.237 e. The molecule has 2 heteroatoms. The Kier molecular flexibility index (Phi) is 2.30. The van der Waals surface area contributed by atoms with Crippen molar-refractivity contribution < 1.29 is 0 Å². The van der Waals surface area contributed by atoms with Crippen molar-refractivity contribution >= 4 is 0 Å². The molecule has 0 amide bonds. The first-order chi connectivity index (χ1) is 6.57. The summed E-state index contributed by atoms with van der Waals surface area (Å²) in [4.78, 5) is 8.84. The molecule has 0 saturated heterocycles. The van der Waals surface area contributed by atoms with Gasteiger partial charge in [0.2, 0.25) is 0 Å². The van der Waals surface area contributed by atoms with Crippen LogP contribution >= 0.6 is 0 Å². The van der Waals surface area contributed by atoms with Gasteiger partial charge in [-0.1, -0.05) is 27.2 Å². The average molecular weight is 189 g/mol. The zero-order valence-corrected chi connectivity index (χ0v) is 9.17. The zero-order chi connectivity index (χ0) is 10.2. The monoisotopic (exact) mass is 189 g/mol. The lowest BCUT2D eigenvalue weighted by Crippen LogP contribution is -2.19. The first-order valence-electron chi connectivity index (χ1n) is 5.33. The highest BCUT2D eigenvalue weighted by atomic mass is 14.9. The number of hydrogen-bond donors (Lipinski definition) is 0. The van der Waals surface area contributed by atoms with Gasteiger partial charge in [-0.2, -0.15) is 0 Å². The fourth-order valence-corrected chi connectivity index (χ4v) is 1.59. The van der Waals surface area contributed by atoms with Crippen LogP contribution in [0.3, 0.4) is 0 Å². The lowest BCUT2D eigenvalue weighted by atomic mass is 9.82. The van der Waals surface area contributed by atoms with Crippen LogP contribution in [-0.4, -0.2) is 9.97 Å². The fraction of sp³-hybridized carbons (Fsp3) is 0.667. The molecule has 1 saturated carbocycles. The van der Waals surface area contributed by atoms with E-state index >= 15 is 0 Å². The Labute approximate surface area is 85.8 Å². The molecule has 2 rings (SSSR count). The summed E-state index contributed by atoms with van der Waals surface area (Å²) >= 11 is 0. The molecular formula is C12H17N2. The van der Waals surface area contributed by atoms with Crippen molar-refractivity contribution in [3.63, 3.8) is 0 Å². The van der Waals surface area contributed by atoms with Gasteiger partial charge in [-0.25, -0.2) is 9.97 Å². The Hall–Kier alpha value is -0.920. The summed E-state index contributed by atoms with van der Waals surface area (Å²) in [7, 11) is 0. The molecule has 1 aromatic heterocycles. The van der Waals surface area contributed by atoms with Crippen LogP contribution in [0.5, 0.6) is 0 Å². The maximum absolute atomic E-state index is 4.62. The van der Waals surface area contributed by atoms with E-state index in [2.05, 4.69) is 36.9 Å². The highest BCUT2D eigenvalue weighted by molar-refractivity contribution is 5.13. The van der Waals surface area contributed by atoms with Gasteiger partial charge < -0.3 is 0 Å². The molecule has 1 aliphatic rings. The molecule has 0 N–H and O–H groups in total. The number of rotatable bonds is 1. The SMILES string of the molecule is CC(C)(C)c1n[c]cc(C2CCC2)n1. The number of nitrogens with zero attached hydrogens (tertiary/aromatic N) is 2. The van der Waals surface area contributed by atoms with E-state index in [1.165, 1.54) is 25.0 Å². The maximum atomic E-state index is 4.62. The molecule has 1 heterocycles. The third kappa shape index (κ3) is 1.79. The smallest absolute Gasteiger partial charge is 0.134 e. The maximum Gasteiger partial charge on any atom is 0.134 e. The van der Waals surface area contributed by atoms with E-state index in [9.17, 15) is 0 Å². The molecule has 0 spiro atoms. The highest BCUT2D eigenvalue weighted by Gasteiger charge is 2.23. The van der Waals surface area contributed by atoms with Crippen LogP contribution in [0.15, 0.2) is 6.07 Å². The van der Waals surface area contributed by atoms with E-state index in [4.69, 9.17) is 0 Å². The van der Waals surface area contributed by atoms with Gasteiger partial charge in [-0.05, 0) is 18.9 Å². The van der Waals surface area contributed by atoms with Gasteiger partial charge in [0.25, 0.3) is 0 Å². The summed E-state index contributed by atoms with van der Waals surface area (Å²) in [6.45, 7) is 6.42. The van der Waals surface area contributed by atoms with Crippen molar-refractivity contribution in [1.82, 2.24) is 9.97 Å². The van der Waals surface area contributed by atoms with E-state index in [0.29, 0.717) is 5.92 Å². The normalized spacial score (nSPS) is 17.9. The second kappa shape index (κ2) is 3.34. The molecule has 1 radical (unpaired) electrons. The summed E-state index contributed by atoms with van der Waals surface area (Å²) in [6.07, 6.45) is 6.89. The van der Waals surface area contributed by atoms with E-state index in [1.54, 1.807) is 0 Å². The van der Waals surface area contributed by atoms with Crippen LogP contribution in [-0.2, 0) is 5.41 Å². The molecule has 75 valence electrons. The van der Waals surface area contributed by atoms with Crippen molar-refractivity contribution in [3.05, 3.63) is 23.8 Å². The Morgan fingerprint density at radius 3 is 2.57 bits per heavy atom. The molecule has 0 unspecified atom stereocenters. The van der Waals surface area contributed by atoms with Crippen LogP contribution in [0.4, 0.5) is 0 Å². The third-order valence-electron chi connectivity index (χ3n) is 2.81. The molecule has 1 aliphatic carbocycles. The Morgan fingerprint density at radius 2 is 2.07 bits per heavy atom. The second-order valence-corrected chi connectivity index (χ2v) is 5.12. The number of aromatic nitrogens is 2. The van der Waals surface area contributed by atoms with Gasteiger partial charge >= 0.3 is 0 Å². The summed E-state index contributed by atoms with van der Waals surface area (Å²) < 4.78 is 0. The molecule has 2 nitrogen and oxygen atoms in total. The van der Waals surface area contributed by atoms with Crippen LogP contribution in [0.1, 0.15) is 57.5 Å². The van der Waals surface area contributed by atoms with Crippen molar-refractivity contribution in [2.75, 3.05) is 0 Å². The third-order valence-corrected chi connectivity index (χ3v) is 2.81. The van der Waals surface area contributed by atoms with Crippen LogP contribution in [0.2, 0.25) is 0 Å². The van der Waals surface area contributed by atoms with Crippen molar-refractivity contribution in [2.45, 2.75) is 51.4 Å². The van der Waals surface area contributed by atoms with Gasteiger partial charge in [0.15, 0.2) is 0 Å². The van der Waals surface area contributed by atoms with E-state index in [1.807, 2.05) is 6.07 Å². The summed E-state index contributed by atoms with van der Waals surface area (Å²) in [6, 6.07) is 1.94. The Morgan fingerprint density at radius 1 is 1.36 bits per heavy atom. The molecule has 1 fully saturated rings. The van der Waals surface area contributed by atoms with Crippen molar-refractivity contribution in [2.24, 2.45) is 0 Å².